The highest BCUT2D eigenvalue weighted by Gasteiger charge is 1.85. The van der Waals surface area contributed by atoms with Gasteiger partial charge < -0.3 is 5.11 Å². The zero-order valence-corrected chi connectivity index (χ0v) is 5.33. The van der Waals surface area contributed by atoms with E-state index in [1.165, 1.54) is 0 Å². The maximum Gasteiger partial charge on any atom is 0.0681 e. The highest BCUT2D eigenvalue weighted by atomic mass is 16.3. The fourth-order valence-corrected chi connectivity index (χ4v) is 0.653. The minimum Gasteiger partial charge on any atom is -0.392 e. The van der Waals surface area contributed by atoms with E-state index in [4.69, 9.17) is 6.48 Å². The van der Waals surface area contributed by atoms with Crippen molar-refractivity contribution in [3.8, 4) is 0 Å². The lowest BCUT2D eigenvalue weighted by molar-refractivity contribution is 0.282. The Morgan fingerprint density at radius 1 is 1.44 bits per heavy atom. The van der Waals surface area contributed by atoms with Gasteiger partial charge in [0, 0.05) is 0 Å². The van der Waals surface area contributed by atoms with Crippen molar-refractivity contribution >= 4 is 0 Å². The van der Waals surface area contributed by atoms with Gasteiger partial charge in [0.15, 0.2) is 0 Å². The van der Waals surface area contributed by atoms with Crippen LogP contribution in [0, 0.1) is 6.92 Å². The summed E-state index contributed by atoms with van der Waals surface area (Å²) in [5, 5.41) is 8.78. The van der Waals surface area contributed by atoms with Crippen LogP contribution in [0.2, 0.25) is 0 Å². The summed E-state index contributed by atoms with van der Waals surface area (Å²) in [6.45, 7) is 0.876. The summed E-state index contributed by atoms with van der Waals surface area (Å²) in [5.74, 6) is 0. The van der Waals surface area contributed by atoms with Gasteiger partial charge in [-0.25, -0.2) is 0 Å². The van der Waals surface area contributed by atoms with Crippen molar-refractivity contribution in [3.63, 3.8) is 0 Å². The number of aryl methyl sites for hydroxylation is 1. The first-order chi connectivity index (χ1) is 4.70. The zero-order chi connectivity index (χ0) is 7.56. The molecule has 1 N–H and O–H groups in total. The average molecular weight is 123 g/mol. The molecule has 1 atom stereocenters. The highest BCUT2D eigenvalue weighted by molar-refractivity contribution is 5.20. The molecule has 0 bridgehead atoms. The maximum atomic E-state index is 8.78. The number of hydrogen-bond donors (Lipinski definition) is 1. The molecular formula is C8H10O. The van der Waals surface area contributed by atoms with E-state index < -0.39 is 6.58 Å². The number of aliphatic hydroxyl groups is 1. The van der Waals surface area contributed by atoms with Gasteiger partial charge in [-0.2, -0.15) is 0 Å². The molecule has 0 heterocycles. The Bertz CT molecular complexity index is 203. The van der Waals surface area contributed by atoms with Crippen LogP contribution in [0.3, 0.4) is 0 Å². The molecule has 9 heavy (non-hydrogen) atoms. The Labute approximate surface area is 56.4 Å². The summed E-state index contributed by atoms with van der Waals surface area (Å²) in [4.78, 5) is 0. The summed E-state index contributed by atoms with van der Waals surface area (Å²) < 4.78 is 6.94. The molecule has 0 spiro atoms. The Balaban J connectivity index is 2.89. The molecule has 1 aromatic carbocycles. The van der Waals surface area contributed by atoms with Crippen molar-refractivity contribution in [2.75, 3.05) is 0 Å². The van der Waals surface area contributed by atoms with E-state index in [1.54, 1.807) is 12.1 Å². The second-order valence-corrected chi connectivity index (χ2v) is 2.04. The van der Waals surface area contributed by atoms with Crippen LogP contribution in [0.4, 0.5) is 0 Å². The molecule has 48 valence electrons. The average Bonchev–Trinajstić information content (AvgIpc) is 1.88. The Hall–Kier alpha value is -0.820. The van der Waals surface area contributed by atoms with Crippen molar-refractivity contribution in [1.82, 2.24) is 0 Å². The second-order valence-electron chi connectivity index (χ2n) is 2.04. The molecule has 0 saturated carbocycles. The van der Waals surface area contributed by atoms with Crippen LogP contribution in [0.5, 0.6) is 0 Å². The quantitative estimate of drug-likeness (QED) is 0.599. The van der Waals surface area contributed by atoms with Gasteiger partial charge in [0.1, 0.15) is 0 Å². The standard InChI is InChI=1S/C8H10O/c1-7-2-4-8(6-9)5-3-7/h2-5,9H,6H2,1H3/i6D. The van der Waals surface area contributed by atoms with E-state index in [0.29, 0.717) is 5.56 Å². The van der Waals surface area contributed by atoms with Gasteiger partial charge in [-0.3, -0.25) is 0 Å². The minimum absolute atomic E-state index is 0.644. The van der Waals surface area contributed by atoms with E-state index in [0.717, 1.165) is 5.56 Å². The van der Waals surface area contributed by atoms with Crippen LogP contribution in [0.15, 0.2) is 24.3 Å². The highest BCUT2D eigenvalue weighted by Crippen LogP contribution is 2.01. The fraction of sp³-hybridized carbons (Fsp3) is 0.250. The smallest absolute Gasteiger partial charge is 0.0681 e. The first-order valence-electron chi connectivity index (χ1n) is 3.45. The van der Waals surface area contributed by atoms with E-state index in [9.17, 15) is 0 Å². The largest absolute Gasteiger partial charge is 0.392 e. The van der Waals surface area contributed by atoms with Gasteiger partial charge >= 0.3 is 0 Å². The molecular weight excluding hydrogens is 112 g/mol. The molecule has 0 aromatic heterocycles. The lowest BCUT2D eigenvalue weighted by Gasteiger charge is -1.93. The topological polar surface area (TPSA) is 20.2 Å². The number of hydrogen-bond acceptors (Lipinski definition) is 1. The molecule has 0 aliphatic heterocycles. The molecule has 1 unspecified atom stereocenters. The molecule has 0 amide bonds. The molecule has 1 heteroatoms. The number of rotatable bonds is 1. The Morgan fingerprint density at radius 2 is 2.00 bits per heavy atom. The lowest BCUT2D eigenvalue weighted by atomic mass is 10.2. The third-order valence-electron chi connectivity index (χ3n) is 1.23. The SMILES string of the molecule is [2H]C(O)c1ccc(C)cc1. The molecule has 1 aromatic rings. The van der Waals surface area contributed by atoms with Crippen molar-refractivity contribution in [2.45, 2.75) is 13.5 Å². The van der Waals surface area contributed by atoms with E-state index in [-0.39, 0.29) is 0 Å². The lowest BCUT2D eigenvalue weighted by Crippen LogP contribution is -1.80. The third kappa shape index (κ3) is 1.54. The molecule has 0 fully saturated rings. The van der Waals surface area contributed by atoms with Gasteiger partial charge in [-0.05, 0) is 12.5 Å². The van der Waals surface area contributed by atoms with Crippen molar-refractivity contribution < 1.29 is 6.48 Å². The first-order valence-corrected chi connectivity index (χ1v) is 2.87. The monoisotopic (exact) mass is 123 g/mol. The van der Waals surface area contributed by atoms with E-state index in [1.807, 2.05) is 19.1 Å². The van der Waals surface area contributed by atoms with Crippen molar-refractivity contribution in [3.05, 3.63) is 35.4 Å². The van der Waals surface area contributed by atoms with Crippen LogP contribution < -0.4 is 0 Å². The van der Waals surface area contributed by atoms with Crippen LogP contribution in [-0.4, -0.2) is 5.11 Å². The van der Waals surface area contributed by atoms with Crippen molar-refractivity contribution in [2.24, 2.45) is 0 Å². The zero-order valence-electron chi connectivity index (χ0n) is 6.33. The number of aliphatic hydroxyl groups excluding tert-OH is 1. The maximum absolute atomic E-state index is 8.78. The number of benzene rings is 1. The van der Waals surface area contributed by atoms with Gasteiger partial charge in [0.2, 0.25) is 0 Å². The minimum atomic E-state index is -1.10. The molecule has 0 radical (unpaired) electrons. The van der Waals surface area contributed by atoms with Crippen LogP contribution in [0.25, 0.3) is 0 Å². The summed E-state index contributed by atoms with van der Waals surface area (Å²) in [6, 6.07) is 7.28. The fourth-order valence-electron chi connectivity index (χ4n) is 0.653. The van der Waals surface area contributed by atoms with E-state index >= 15 is 0 Å². The van der Waals surface area contributed by atoms with Crippen LogP contribution in [0.1, 0.15) is 12.5 Å². The predicted octanol–water partition coefficient (Wildman–Crippen LogP) is 1.49. The van der Waals surface area contributed by atoms with Crippen LogP contribution >= 0.6 is 0 Å². The van der Waals surface area contributed by atoms with Gasteiger partial charge in [0.05, 0.1) is 7.95 Å². The summed E-state index contributed by atoms with van der Waals surface area (Å²) in [6.07, 6.45) is 0. The molecule has 0 aliphatic carbocycles. The van der Waals surface area contributed by atoms with Gasteiger partial charge in [-0.15, -0.1) is 0 Å². The molecule has 1 rings (SSSR count). The van der Waals surface area contributed by atoms with E-state index in [2.05, 4.69) is 0 Å². The van der Waals surface area contributed by atoms with Crippen molar-refractivity contribution in [1.29, 1.82) is 0 Å². The first kappa shape index (κ1) is 5.00. The summed E-state index contributed by atoms with van der Waals surface area (Å²) in [7, 11) is 0. The van der Waals surface area contributed by atoms with Gasteiger partial charge in [0.25, 0.3) is 0 Å². The Morgan fingerprint density at radius 3 is 2.44 bits per heavy atom. The Kier molecular flexibility index (Phi) is 1.47. The summed E-state index contributed by atoms with van der Waals surface area (Å²) in [5.41, 5.74) is 1.79. The third-order valence-corrected chi connectivity index (χ3v) is 1.23. The molecule has 0 aliphatic rings. The molecule has 1 nitrogen and oxygen atoms in total. The van der Waals surface area contributed by atoms with Crippen LogP contribution in [-0.2, 0) is 6.58 Å². The molecule has 0 saturated heterocycles. The summed E-state index contributed by atoms with van der Waals surface area (Å²) >= 11 is 0. The normalized spacial score (nSPS) is 14.7. The predicted molar refractivity (Wildman–Crippen MR) is 37.1 cm³/mol. The van der Waals surface area contributed by atoms with Gasteiger partial charge in [-0.1, -0.05) is 29.8 Å². The second kappa shape index (κ2) is 2.65.